The van der Waals surface area contributed by atoms with Gasteiger partial charge in [-0.1, -0.05) is 66.7 Å². The Labute approximate surface area is 151 Å². The van der Waals surface area contributed by atoms with E-state index in [4.69, 9.17) is 4.57 Å². The van der Waals surface area contributed by atoms with Gasteiger partial charge in [-0.15, -0.1) is 0 Å². The lowest BCUT2D eigenvalue weighted by Crippen LogP contribution is -2.08. The van der Waals surface area contributed by atoms with Crippen LogP contribution in [0.3, 0.4) is 0 Å². The third kappa shape index (κ3) is 3.92. The summed E-state index contributed by atoms with van der Waals surface area (Å²) in [6.45, 7) is 6.23. The van der Waals surface area contributed by atoms with E-state index in [9.17, 15) is 4.79 Å². The molecule has 0 aliphatic carbocycles. The molecule has 0 heterocycles. The first-order valence-electron chi connectivity index (χ1n) is 8.06. The first-order valence-corrected chi connectivity index (χ1v) is 8.47. The van der Waals surface area contributed by atoms with E-state index in [-0.39, 0.29) is 5.78 Å². The summed E-state index contributed by atoms with van der Waals surface area (Å²) < 4.78 is 8.06. The fourth-order valence-corrected chi connectivity index (χ4v) is 2.95. The number of aryl methyl sites for hydroxylation is 1. The summed E-state index contributed by atoms with van der Waals surface area (Å²) in [5.41, 5.74) is 7.10. The molecule has 3 aromatic rings. The van der Waals surface area contributed by atoms with Crippen molar-refractivity contribution < 1.29 is 9.36 Å². The molecule has 3 aromatic carbocycles. The molecule has 0 saturated heterocycles. The van der Waals surface area contributed by atoms with Crippen LogP contribution in [0.15, 0.2) is 66.7 Å². The smallest absolute Gasteiger partial charge is 0.193 e. The SMILES string of the molecule is Cc1cc(-c2ccccc2)c(C(=O)c2ccccc2)c(C)c1C.O=P. The van der Waals surface area contributed by atoms with Crippen LogP contribution in [0.2, 0.25) is 0 Å². The average Bonchev–Trinajstić information content (AvgIpc) is 2.68. The maximum absolute atomic E-state index is 13.1. The van der Waals surface area contributed by atoms with Gasteiger partial charge in [0, 0.05) is 11.1 Å². The highest BCUT2D eigenvalue weighted by atomic mass is 31.0. The number of rotatable bonds is 3. The van der Waals surface area contributed by atoms with Crippen molar-refractivity contribution in [1.82, 2.24) is 0 Å². The van der Waals surface area contributed by atoms with Crippen LogP contribution in [0.1, 0.15) is 32.6 Å². The number of carbonyl (C=O) groups is 1. The minimum absolute atomic E-state index is 0.0880. The van der Waals surface area contributed by atoms with Gasteiger partial charge in [0.25, 0.3) is 0 Å². The van der Waals surface area contributed by atoms with Crippen molar-refractivity contribution in [3.63, 3.8) is 0 Å². The Kier molecular flexibility index (Phi) is 6.38. The van der Waals surface area contributed by atoms with Crippen molar-refractivity contribution in [1.29, 1.82) is 0 Å². The summed E-state index contributed by atoms with van der Waals surface area (Å²) in [7, 11) is 1.72. The van der Waals surface area contributed by atoms with E-state index in [0.717, 1.165) is 27.8 Å². The molecule has 0 amide bonds. The molecule has 0 radical (unpaired) electrons. The minimum Gasteiger partial charge on any atom is -0.289 e. The van der Waals surface area contributed by atoms with Crippen LogP contribution < -0.4 is 0 Å². The fraction of sp³-hybridized carbons (Fsp3) is 0.136. The summed E-state index contributed by atoms with van der Waals surface area (Å²) in [6, 6.07) is 21.8. The van der Waals surface area contributed by atoms with Gasteiger partial charge in [-0.3, -0.25) is 9.36 Å². The van der Waals surface area contributed by atoms with E-state index in [1.807, 2.05) is 55.5 Å². The van der Waals surface area contributed by atoms with Gasteiger partial charge >= 0.3 is 0 Å². The summed E-state index contributed by atoms with van der Waals surface area (Å²) in [5, 5.41) is 0. The number of ketones is 1. The molecule has 0 fully saturated rings. The molecular formula is C22H21O2P. The molecule has 0 aliphatic heterocycles. The van der Waals surface area contributed by atoms with Gasteiger partial charge in [0.15, 0.2) is 5.78 Å². The predicted molar refractivity (Wildman–Crippen MR) is 105 cm³/mol. The van der Waals surface area contributed by atoms with Crippen molar-refractivity contribution >= 4 is 14.9 Å². The maximum Gasteiger partial charge on any atom is 0.193 e. The zero-order valence-corrected chi connectivity index (χ0v) is 15.7. The lowest BCUT2D eigenvalue weighted by atomic mass is 9.86. The van der Waals surface area contributed by atoms with Gasteiger partial charge in [-0.2, -0.15) is 0 Å². The van der Waals surface area contributed by atoms with Crippen LogP contribution in [-0.4, -0.2) is 5.78 Å². The van der Waals surface area contributed by atoms with E-state index >= 15 is 0 Å². The number of benzene rings is 3. The average molecular weight is 348 g/mol. The molecule has 25 heavy (non-hydrogen) atoms. The normalized spacial score (nSPS) is 9.88. The van der Waals surface area contributed by atoms with E-state index in [1.165, 1.54) is 11.1 Å². The van der Waals surface area contributed by atoms with Gasteiger partial charge in [-0.25, -0.2) is 0 Å². The Morgan fingerprint density at radius 2 is 1.28 bits per heavy atom. The van der Waals surface area contributed by atoms with Crippen LogP contribution in [0, 0.1) is 20.8 Å². The summed E-state index contributed by atoms with van der Waals surface area (Å²) >= 11 is 0. The monoisotopic (exact) mass is 348 g/mol. The third-order valence-electron chi connectivity index (χ3n) is 4.51. The summed E-state index contributed by atoms with van der Waals surface area (Å²) in [5.74, 6) is 0.0880. The molecule has 3 heteroatoms. The quantitative estimate of drug-likeness (QED) is 0.431. The Bertz CT molecular complexity index is 872. The van der Waals surface area contributed by atoms with E-state index in [2.05, 4.69) is 32.0 Å². The number of carbonyl (C=O) groups excluding carboxylic acids is 1. The maximum atomic E-state index is 13.1. The van der Waals surface area contributed by atoms with Gasteiger partial charge in [0.1, 0.15) is 9.12 Å². The molecule has 0 N–H and O–H groups in total. The van der Waals surface area contributed by atoms with Crippen molar-refractivity contribution in [3.05, 3.63) is 94.5 Å². The van der Waals surface area contributed by atoms with Gasteiger partial charge in [0.2, 0.25) is 0 Å². The van der Waals surface area contributed by atoms with Crippen molar-refractivity contribution in [3.8, 4) is 11.1 Å². The van der Waals surface area contributed by atoms with Gasteiger partial charge in [0.05, 0.1) is 0 Å². The zero-order chi connectivity index (χ0) is 18.4. The lowest BCUT2D eigenvalue weighted by Gasteiger charge is -2.17. The van der Waals surface area contributed by atoms with Crippen LogP contribution in [0.4, 0.5) is 0 Å². The molecule has 0 bridgehead atoms. The molecule has 0 atom stereocenters. The zero-order valence-electron chi connectivity index (χ0n) is 14.7. The molecule has 126 valence electrons. The molecule has 0 saturated carbocycles. The van der Waals surface area contributed by atoms with Crippen LogP contribution >= 0.6 is 9.12 Å². The second-order valence-electron chi connectivity index (χ2n) is 5.93. The van der Waals surface area contributed by atoms with Gasteiger partial charge in [-0.05, 0) is 48.6 Å². The lowest BCUT2D eigenvalue weighted by molar-refractivity contribution is 0.103. The Hall–Kier alpha value is -2.57. The Morgan fingerprint density at radius 1 is 0.760 bits per heavy atom. The second kappa shape index (κ2) is 8.50. The molecule has 0 aliphatic rings. The number of hydrogen-bond donors (Lipinski definition) is 0. The summed E-state index contributed by atoms with van der Waals surface area (Å²) in [4.78, 5) is 13.1. The highest BCUT2D eigenvalue weighted by Gasteiger charge is 2.19. The standard InChI is InChI=1S/C22H20O.HOP/c1-15-14-20(18-10-6-4-7-11-18)21(17(3)16(15)2)22(23)19-12-8-5-9-13-19;1-2/h4-14H,1-3H3;2H. The molecule has 0 unspecified atom stereocenters. The Morgan fingerprint density at radius 3 is 1.84 bits per heavy atom. The number of hydrogen-bond acceptors (Lipinski definition) is 2. The third-order valence-corrected chi connectivity index (χ3v) is 4.51. The minimum atomic E-state index is 0.0880. The first kappa shape index (κ1) is 18.8. The highest BCUT2D eigenvalue weighted by Crippen LogP contribution is 2.32. The van der Waals surface area contributed by atoms with E-state index in [1.54, 1.807) is 9.12 Å². The van der Waals surface area contributed by atoms with E-state index < -0.39 is 0 Å². The predicted octanol–water partition coefficient (Wildman–Crippen LogP) is 5.98. The second-order valence-corrected chi connectivity index (χ2v) is 5.93. The van der Waals surface area contributed by atoms with Crippen molar-refractivity contribution in [2.75, 3.05) is 0 Å². The van der Waals surface area contributed by atoms with Crippen LogP contribution in [-0.2, 0) is 4.57 Å². The van der Waals surface area contributed by atoms with Crippen molar-refractivity contribution in [2.24, 2.45) is 0 Å². The summed E-state index contributed by atoms with van der Waals surface area (Å²) in [6.07, 6.45) is 0. The van der Waals surface area contributed by atoms with Crippen LogP contribution in [0.5, 0.6) is 0 Å². The Balaban J connectivity index is 0.00000109. The van der Waals surface area contributed by atoms with Crippen LogP contribution in [0.25, 0.3) is 11.1 Å². The molecule has 2 nitrogen and oxygen atoms in total. The van der Waals surface area contributed by atoms with E-state index in [0.29, 0.717) is 0 Å². The molecule has 3 rings (SSSR count). The molecule has 0 aromatic heterocycles. The molecule has 0 spiro atoms. The van der Waals surface area contributed by atoms with Gasteiger partial charge < -0.3 is 0 Å². The largest absolute Gasteiger partial charge is 0.289 e. The topological polar surface area (TPSA) is 34.1 Å². The molecular weight excluding hydrogens is 327 g/mol. The highest BCUT2D eigenvalue weighted by molar-refractivity contribution is 7.00. The van der Waals surface area contributed by atoms with Crippen molar-refractivity contribution in [2.45, 2.75) is 20.8 Å². The first-order chi connectivity index (χ1) is 12.1. The fourth-order valence-electron chi connectivity index (χ4n) is 2.95.